The van der Waals surface area contributed by atoms with Crippen molar-refractivity contribution in [1.82, 2.24) is 4.98 Å². The summed E-state index contributed by atoms with van der Waals surface area (Å²) in [6.45, 7) is 2.95. The normalized spacial score (nSPS) is 13.5. The van der Waals surface area contributed by atoms with Gasteiger partial charge in [-0.3, -0.25) is 0 Å². The van der Waals surface area contributed by atoms with E-state index in [1.807, 2.05) is 11.6 Å². The van der Waals surface area contributed by atoms with E-state index in [4.69, 9.17) is 0 Å². The number of para-hydroxylation sites is 2. The monoisotopic (exact) mass is 267 g/mol. The molecule has 0 radical (unpaired) electrons. The lowest BCUT2D eigenvalue weighted by Crippen LogP contribution is -2.33. The molecule has 0 spiro atoms. The molecule has 1 N–H and O–H groups in total. The Hall–Kier alpha value is -1.26. The van der Waals surface area contributed by atoms with Crippen molar-refractivity contribution in [2.75, 3.05) is 23.3 Å². The molecule has 0 unspecified atom stereocenters. The van der Waals surface area contributed by atoms with E-state index in [2.05, 4.69) is 39.5 Å². The van der Waals surface area contributed by atoms with Crippen molar-refractivity contribution in [3.8, 4) is 0 Å². The summed E-state index contributed by atoms with van der Waals surface area (Å²) >= 11 is 1.72. The average Bonchev–Trinajstić information content (AvgIpc) is 2.82. The third kappa shape index (κ3) is 2.53. The van der Waals surface area contributed by atoms with Gasteiger partial charge in [0.1, 0.15) is 5.01 Å². The first-order valence-corrected chi connectivity index (χ1v) is 6.28. The minimum Gasteiger partial charge on any atom is -0.382 e. The molecule has 1 aromatic carbocycles. The maximum atomic E-state index is 4.34. The van der Waals surface area contributed by atoms with Crippen LogP contribution in [0.15, 0.2) is 35.8 Å². The number of rotatable bonds is 2. The molecule has 0 bridgehead atoms. The van der Waals surface area contributed by atoms with Crippen LogP contribution in [0, 0.1) is 0 Å². The van der Waals surface area contributed by atoms with Crippen molar-refractivity contribution in [3.63, 3.8) is 0 Å². The molecule has 0 atom stereocenters. The molecule has 90 valence electrons. The van der Waals surface area contributed by atoms with Crippen LogP contribution in [0.5, 0.6) is 0 Å². The Bertz CT molecular complexity index is 472. The molecule has 2 heterocycles. The van der Waals surface area contributed by atoms with Gasteiger partial charge in [0.2, 0.25) is 0 Å². The molecule has 17 heavy (non-hydrogen) atoms. The summed E-state index contributed by atoms with van der Waals surface area (Å²) in [6, 6.07) is 8.44. The molecule has 0 saturated heterocycles. The lowest BCUT2D eigenvalue weighted by molar-refractivity contribution is 0.783. The van der Waals surface area contributed by atoms with Crippen molar-refractivity contribution in [3.05, 3.63) is 40.8 Å². The van der Waals surface area contributed by atoms with Crippen LogP contribution < -0.4 is 10.2 Å². The Balaban J connectivity index is 0.00000108. The second-order valence-electron chi connectivity index (χ2n) is 3.79. The summed E-state index contributed by atoms with van der Waals surface area (Å²) in [5, 5.41) is 6.62. The summed E-state index contributed by atoms with van der Waals surface area (Å²) in [6.07, 6.45) is 1.87. The Morgan fingerprint density at radius 1 is 1.35 bits per heavy atom. The highest BCUT2D eigenvalue weighted by molar-refractivity contribution is 7.09. The fourth-order valence-electron chi connectivity index (χ4n) is 2.00. The van der Waals surface area contributed by atoms with Crippen molar-refractivity contribution in [1.29, 1.82) is 0 Å². The number of halogens is 1. The summed E-state index contributed by atoms with van der Waals surface area (Å²) < 4.78 is 0. The molecule has 0 fully saturated rings. The predicted octanol–water partition coefficient (Wildman–Crippen LogP) is 3.00. The fraction of sp³-hybridized carbons (Fsp3) is 0.250. The SMILES string of the molecule is Cl.c1ccc2c(c1)NCCN2Cc1nccs1. The third-order valence-electron chi connectivity index (χ3n) is 2.75. The highest BCUT2D eigenvalue weighted by Crippen LogP contribution is 2.29. The van der Waals surface area contributed by atoms with E-state index in [9.17, 15) is 0 Å². The zero-order chi connectivity index (χ0) is 10.8. The highest BCUT2D eigenvalue weighted by atomic mass is 35.5. The van der Waals surface area contributed by atoms with Crippen molar-refractivity contribution in [2.45, 2.75) is 6.54 Å². The van der Waals surface area contributed by atoms with Crippen LogP contribution in [0.2, 0.25) is 0 Å². The smallest absolute Gasteiger partial charge is 0.112 e. The molecule has 1 aromatic heterocycles. The lowest BCUT2D eigenvalue weighted by atomic mass is 10.2. The molecular weight excluding hydrogens is 254 g/mol. The van der Waals surface area contributed by atoms with Crippen LogP contribution in [0.1, 0.15) is 5.01 Å². The van der Waals surface area contributed by atoms with Gasteiger partial charge >= 0.3 is 0 Å². The van der Waals surface area contributed by atoms with E-state index in [0.29, 0.717) is 0 Å². The second kappa shape index (κ2) is 5.38. The van der Waals surface area contributed by atoms with Crippen LogP contribution in [0.3, 0.4) is 0 Å². The molecule has 0 aliphatic carbocycles. The maximum absolute atomic E-state index is 4.34. The zero-order valence-electron chi connectivity index (χ0n) is 9.30. The van der Waals surface area contributed by atoms with Crippen LogP contribution in [0.25, 0.3) is 0 Å². The summed E-state index contributed by atoms with van der Waals surface area (Å²) in [5.41, 5.74) is 2.51. The molecule has 1 aliphatic rings. The van der Waals surface area contributed by atoms with Gasteiger partial charge < -0.3 is 10.2 Å². The first kappa shape index (κ1) is 12.2. The van der Waals surface area contributed by atoms with Crippen molar-refractivity contribution >= 4 is 35.1 Å². The van der Waals surface area contributed by atoms with Gasteiger partial charge in [0.25, 0.3) is 0 Å². The molecule has 3 rings (SSSR count). The standard InChI is InChI=1S/C12H13N3S.ClH/c1-2-4-11-10(3-1)13-5-7-15(11)9-12-14-6-8-16-12;/h1-4,6,8,13H,5,7,9H2;1H. The van der Waals surface area contributed by atoms with Gasteiger partial charge in [-0.1, -0.05) is 12.1 Å². The molecule has 2 aromatic rings. The van der Waals surface area contributed by atoms with Gasteiger partial charge in [-0.2, -0.15) is 0 Å². The quantitative estimate of drug-likeness (QED) is 0.907. The summed E-state index contributed by atoms with van der Waals surface area (Å²) in [5.74, 6) is 0. The lowest BCUT2D eigenvalue weighted by Gasteiger charge is -2.31. The molecule has 3 nitrogen and oxygen atoms in total. The van der Waals surface area contributed by atoms with Gasteiger partial charge in [0, 0.05) is 24.7 Å². The van der Waals surface area contributed by atoms with Crippen LogP contribution in [-0.2, 0) is 6.54 Å². The van der Waals surface area contributed by atoms with E-state index < -0.39 is 0 Å². The number of aromatic nitrogens is 1. The minimum absolute atomic E-state index is 0. The number of nitrogens with zero attached hydrogens (tertiary/aromatic N) is 2. The molecule has 0 amide bonds. The number of hydrogen-bond acceptors (Lipinski definition) is 4. The second-order valence-corrected chi connectivity index (χ2v) is 4.77. The molecular formula is C12H14ClN3S. The highest BCUT2D eigenvalue weighted by Gasteiger charge is 2.16. The Kier molecular flexibility index (Phi) is 3.86. The summed E-state index contributed by atoms with van der Waals surface area (Å²) in [4.78, 5) is 6.72. The summed E-state index contributed by atoms with van der Waals surface area (Å²) in [7, 11) is 0. The number of nitrogens with one attached hydrogen (secondary N) is 1. The molecule has 1 aliphatic heterocycles. The Morgan fingerprint density at radius 2 is 2.24 bits per heavy atom. The van der Waals surface area contributed by atoms with Crippen molar-refractivity contribution in [2.24, 2.45) is 0 Å². The number of thiazole rings is 1. The van der Waals surface area contributed by atoms with E-state index in [0.717, 1.165) is 19.6 Å². The van der Waals surface area contributed by atoms with Gasteiger partial charge in [-0.25, -0.2) is 4.98 Å². The molecule has 0 saturated carbocycles. The van der Waals surface area contributed by atoms with E-state index >= 15 is 0 Å². The van der Waals surface area contributed by atoms with Crippen LogP contribution in [0.4, 0.5) is 11.4 Å². The Labute approximate surface area is 111 Å². The number of anilines is 2. The third-order valence-corrected chi connectivity index (χ3v) is 3.52. The number of benzene rings is 1. The fourth-order valence-corrected chi connectivity index (χ4v) is 2.63. The predicted molar refractivity (Wildman–Crippen MR) is 75.3 cm³/mol. The van der Waals surface area contributed by atoms with Gasteiger partial charge in [0.05, 0.1) is 17.9 Å². The van der Waals surface area contributed by atoms with Gasteiger partial charge in [-0.05, 0) is 12.1 Å². The maximum Gasteiger partial charge on any atom is 0.112 e. The minimum atomic E-state index is 0. The molecule has 5 heteroatoms. The van der Waals surface area contributed by atoms with Crippen LogP contribution >= 0.6 is 23.7 Å². The van der Waals surface area contributed by atoms with Crippen LogP contribution in [-0.4, -0.2) is 18.1 Å². The van der Waals surface area contributed by atoms with E-state index in [1.54, 1.807) is 11.3 Å². The topological polar surface area (TPSA) is 28.2 Å². The van der Waals surface area contributed by atoms with Crippen molar-refractivity contribution < 1.29 is 0 Å². The van der Waals surface area contributed by atoms with Gasteiger partial charge in [-0.15, -0.1) is 23.7 Å². The van der Waals surface area contributed by atoms with E-state index in [-0.39, 0.29) is 12.4 Å². The number of fused-ring (bicyclic) bond motifs is 1. The van der Waals surface area contributed by atoms with E-state index in [1.165, 1.54) is 16.4 Å². The zero-order valence-corrected chi connectivity index (χ0v) is 10.9. The first-order chi connectivity index (χ1) is 7.93. The Morgan fingerprint density at radius 3 is 3.06 bits per heavy atom. The van der Waals surface area contributed by atoms with Gasteiger partial charge in [0.15, 0.2) is 0 Å². The number of hydrogen-bond donors (Lipinski definition) is 1. The average molecular weight is 268 g/mol. The largest absolute Gasteiger partial charge is 0.382 e. The first-order valence-electron chi connectivity index (χ1n) is 5.40.